The van der Waals surface area contributed by atoms with Gasteiger partial charge in [0.05, 0.1) is 5.69 Å². The zero-order chi connectivity index (χ0) is 12.5. The molecule has 1 amide bonds. The molecule has 1 saturated heterocycles. The predicted molar refractivity (Wildman–Crippen MR) is 68.3 cm³/mol. The fourth-order valence-electron chi connectivity index (χ4n) is 2.55. The van der Waals surface area contributed by atoms with Crippen molar-refractivity contribution in [1.29, 1.82) is 0 Å². The molecule has 6 heteroatoms. The minimum atomic E-state index is -0.131. The molecule has 0 aromatic carbocycles. The van der Waals surface area contributed by atoms with E-state index in [0.717, 1.165) is 37.7 Å². The van der Waals surface area contributed by atoms with Crippen molar-refractivity contribution < 1.29 is 4.79 Å². The molecule has 2 N–H and O–H groups in total. The van der Waals surface area contributed by atoms with Gasteiger partial charge in [-0.15, -0.1) is 0 Å². The van der Waals surface area contributed by atoms with Crippen LogP contribution in [0.4, 0.5) is 11.8 Å². The Morgan fingerprint density at radius 2 is 2.06 bits per heavy atom. The Balaban J connectivity index is 1.99. The number of nitrogens with zero attached hydrogens (tertiary/aromatic N) is 3. The molecule has 0 radical (unpaired) electrons. The molecule has 0 saturated carbocycles. The second-order valence-corrected chi connectivity index (χ2v) is 4.77. The number of aromatic nitrogens is 2. The number of fused-ring (bicyclic) bond motifs is 1. The molecule has 0 spiro atoms. The second-order valence-electron chi connectivity index (χ2n) is 4.77. The maximum atomic E-state index is 11.1. The lowest BCUT2D eigenvalue weighted by Gasteiger charge is -2.20. The minimum absolute atomic E-state index is 0.131. The number of rotatable bonds is 2. The van der Waals surface area contributed by atoms with Crippen LogP contribution in [0.5, 0.6) is 0 Å². The van der Waals surface area contributed by atoms with Crippen molar-refractivity contribution in [3.05, 3.63) is 11.3 Å². The van der Waals surface area contributed by atoms with Crippen LogP contribution in [-0.4, -0.2) is 29.0 Å². The first kappa shape index (κ1) is 11.4. The van der Waals surface area contributed by atoms with Gasteiger partial charge in [-0.3, -0.25) is 10.1 Å². The van der Waals surface area contributed by atoms with Gasteiger partial charge in [0.15, 0.2) is 0 Å². The van der Waals surface area contributed by atoms with E-state index in [1.807, 2.05) is 0 Å². The van der Waals surface area contributed by atoms with Crippen LogP contribution in [0, 0.1) is 0 Å². The summed E-state index contributed by atoms with van der Waals surface area (Å²) in [7, 11) is 0. The Kier molecular flexibility index (Phi) is 2.87. The first-order valence-corrected chi connectivity index (χ1v) is 6.37. The number of nitrogens with one attached hydrogen (secondary N) is 2. The van der Waals surface area contributed by atoms with Gasteiger partial charge in [-0.1, -0.05) is 0 Å². The van der Waals surface area contributed by atoms with Crippen molar-refractivity contribution in [2.45, 2.75) is 32.9 Å². The van der Waals surface area contributed by atoms with E-state index in [0.29, 0.717) is 5.95 Å². The zero-order valence-corrected chi connectivity index (χ0v) is 10.5. The van der Waals surface area contributed by atoms with Gasteiger partial charge < -0.3 is 10.2 Å². The third kappa shape index (κ3) is 2.03. The van der Waals surface area contributed by atoms with E-state index in [1.54, 1.807) is 0 Å². The molecule has 0 aliphatic carbocycles. The maximum absolute atomic E-state index is 11.1. The maximum Gasteiger partial charge on any atom is 0.231 e. The van der Waals surface area contributed by atoms with Gasteiger partial charge in [0, 0.05) is 38.7 Å². The van der Waals surface area contributed by atoms with E-state index >= 15 is 0 Å². The topological polar surface area (TPSA) is 70.2 Å². The fourth-order valence-corrected chi connectivity index (χ4v) is 2.55. The monoisotopic (exact) mass is 247 g/mol. The van der Waals surface area contributed by atoms with E-state index in [4.69, 9.17) is 0 Å². The Labute approximate surface area is 106 Å². The van der Waals surface area contributed by atoms with Crippen molar-refractivity contribution in [3.63, 3.8) is 0 Å². The summed E-state index contributed by atoms with van der Waals surface area (Å²) in [6.45, 7) is 5.14. The van der Waals surface area contributed by atoms with Gasteiger partial charge >= 0.3 is 0 Å². The molecule has 2 aliphatic heterocycles. The van der Waals surface area contributed by atoms with Gasteiger partial charge in [-0.25, -0.2) is 4.98 Å². The Morgan fingerprint density at radius 3 is 2.78 bits per heavy atom. The molecular weight excluding hydrogens is 230 g/mol. The molecule has 1 aromatic heterocycles. The number of hydrogen-bond acceptors (Lipinski definition) is 5. The lowest BCUT2D eigenvalue weighted by Crippen LogP contribution is -2.22. The van der Waals surface area contributed by atoms with Crippen molar-refractivity contribution in [2.75, 3.05) is 23.3 Å². The molecule has 0 bridgehead atoms. The van der Waals surface area contributed by atoms with E-state index in [9.17, 15) is 4.79 Å². The number of amides is 1. The first-order chi connectivity index (χ1) is 8.74. The zero-order valence-electron chi connectivity index (χ0n) is 10.5. The molecule has 1 fully saturated rings. The molecule has 3 heterocycles. The van der Waals surface area contributed by atoms with Crippen molar-refractivity contribution in [1.82, 2.24) is 15.3 Å². The lowest BCUT2D eigenvalue weighted by atomic mass is 10.2. The third-order valence-electron chi connectivity index (χ3n) is 3.36. The van der Waals surface area contributed by atoms with Gasteiger partial charge in [0.1, 0.15) is 5.82 Å². The lowest BCUT2D eigenvalue weighted by molar-refractivity contribution is -0.114. The van der Waals surface area contributed by atoms with Crippen LogP contribution in [0.1, 0.15) is 31.0 Å². The smallest absolute Gasteiger partial charge is 0.231 e. The standard InChI is InChI=1S/C12H17N5O/c1-8(18)14-12-15-10-7-13-6-9(10)11(16-12)17-4-2-3-5-17/h13H,2-7H2,1H3,(H,14,15,16,18). The SMILES string of the molecule is CC(=O)Nc1nc2c(c(N3CCCC3)n1)CNC2. The van der Waals surface area contributed by atoms with E-state index in [-0.39, 0.29) is 5.91 Å². The average Bonchev–Trinajstić information content (AvgIpc) is 2.97. The highest BCUT2D eigenvalue weighted by atomic mass is 16.1. The highest BCUT2D eigenvalue weighted by Crippen LogP contribution is 2.28. The summed E-state index contributed by atoms with van der Waals surface area (Å²) in [5, 5.41) is 5.97. The number of carbonyl (C=O) groups is 1. The molecule has 3 rings (SSSR count). The van der Waals surface area contributed by atoms with Crippen LogP contribution >= 0.6 is 0 Å². The number of hydrogen-bond donors (Lipinski definition) is 2. The first-order valence-electron chi connectivity index (χ1n) is 6.37. The fraction of sp³-hybridized carbons (Fsp3) is 0.583. The molecule has 1 aromatic rings. The van der Waals surface area contributed by atoms with Crippen LogP contribution in [0.15, 0.2) is 0 Å². The minimum Gasteiger partial charge on any atom is -0.356 e. The van der Waals surface area contributed by atoms with Crippen molar-refractivity contribution in [2.24, 2.45) is 0 Å². The third-order valence-corrected chi connectivity index (χ3v) is 3.36. The van der Waals surface area contributed by atoms with Crippen LogP contribution in [0.3, 0.4) is 0 Å². The highest BCUT2D eigenvalue weighted by molar-refractivity contribution is 5.87. The average molecular weight is 247 g/mol. The summed E-state index contributed by atoms with van der Waals surface area (Å²) < 4.78 is 0. The van der Waals surface area contributed by atoms with Gasteiger partial charge in [-0.2, -0.15) is 4.98 Å². The van der Waals surface area contributed by atoms with E-state index < -0.39 is 0 Å². The molecule has 0 atom stereocenters. The normalized spacial score (nSPS) is 17.9. The molecule has 96 valence electrons. The second kappa shape index (κ2) is 4.53. The van der Waals surface area contributed by atoms with Gasteiger partial charge in [0.25, 0.3) is 0 Å². The van der Waals surface area contributed by atoms with Gasteiger partial charge in [0.2, 0.25) is 11.9 Å². The van der Waals surface area contributed by atoms with E-state index in [2.05, 4.69) is 25.5 Å². The van der Waals surface area contributed by atoms with Crippen molar-refractivity contribution >= 4 is 17.7 Å². The number of carbonyl (C=O) groups excluding carboxylic acids is 1. The summed E-state index contributed by atoms with van der Waals surface area (Å²) in [4.78, 5) is 22.3. The molecule has 6 nitrogen and oxygen atoms in total. The number of anilines is 2. The largest absolute Gasteiger partial charge is 0.356 e. The van der Waals surface area contributed by atoms with Crippen LogP contribution < -0.4 is 15.5 Å². The predicted octanol–water partition coefficient (Wildman–Crippen LogP) is 0.638. The summed E-state index contributed by atoms with van der Waals surface area (Å²) in [5.41, 5.74) is 2.20. The van der Waals surface area contributed by atoms with Crippen LogP contribution in [-0.2, 0) is 17.9 Å². The highest BCUT2D eigenvalue weighted by Gasteiger charge is 2.24. The van der Waals surface area contributed by atoms with Crippen LogP contribution in [0.2, 0.25) is 0 Å². The Bertz CT molecular complexity index is 482. The quantitative estimate of drug-likeness (QED) is 0.802. The molecular formula is C12H17N5O. The Morgan fingerprint density at radius 1 is 1.28 bits per heavy atom. The Hall–Kier alpha value is -1.69. The molecule has 2 aliphatic rings. The van der Waals surface area contributed by atoms with Crippen molar-refractivity contribution in [3.8, 4) is 0 Å². The molecule has 18 heavy (non-hydrogen) atoms. The summed E-state index contributed by atoms with van der Waals surface area (Å²) in [5.74, 6) is 1.28. The summed E-state index contributed by atoms with van der Waals surface area (Å²) in [6, 6.07) is 0. The molecule has 0 unspecified atom stereocenters. The van der Waals surface area contributed by atoms with Crippen LogP contribution in [0.25, 0.3) is 0 Å². The van der Waals surface area contributed by atoms with Gasteiger partial charge in [-0.05, 0) is 12.8 Å². The summed E-state index contributed by atoms with van der Waals surface area (Å²) in [6.07, 6.45) is 2.42. The summed E-state index contributed by atoms with van der Waals surface area (Å²) >= 11 is 0. The van der Waals surface area contributed by atoms with E-state index in [1.165, 1.54) is 25.3 Å².